The fourth-order valence-corrected chi connectivity index (χ4v) is 3.68. The van der Waals surface area contributed by atoms with Gasteiger partial charge in [0.1, 0.15) is 11.5 Å². The minimum absolute atomic E-state index is 0.0300. The molecule has 0 saturated heterocycles. The predicted octanol–water partition coefficient (Wildman–Crippen LogP) is 4.42. The fraction of sp³-hybridized carbons (Fsp3) is 0.0625. The highest BCUT2D eigenvalue weighted by Gasteiger charge is 2.29. The zero-order valence-electron chi connectivity index (χ0n) is 11.4. The highest BCUT2D eigenvalue weighted by atomic mass is 79.9. The van der Waals surface area contributed by atoms with Crippen molar-refractivity contribution in [2.24, 2.45) is 0 Å². The minimum Gasteiger partial charge on any atom is -0.508 e. The van der Waals surface area contributed by atoms with Crippen LogP contribution in [0.1, 0.15) is 16.7 Å². The van der Waals surface area contributed by atoms with E-state index in [1.165, 1.54) is 12.1 Å². The van der Waals surface area contributed by atoms with E-state index >= 15 is 0 Å². The second-order valence-corrected chi connectivity index (χ2v) is 6.68. The molecule has 0 bridgehead atoms. The maximum Gasteiger partial charge on any atom is 0.256 e. The Balaban J connectivity index is 2.22. The fourth-order valence-electron chi connectivity index (χ4n) is 2.42. The summed E-state index contributed by atoms with van der Waals surface area (Å²) >= 11 is 6.92. The molecule has 2 aromatic rings. The van der Waals surface area contributed by atoms with Crippen LogP contribution in [0.2, 0.25) is 0 Å². The van der Waals surface area contributed by atoms with Crippen molar-refractivity contribution in [2.75, 3.05) is 5.32 Å². The van der Waals surface area contributed by atoms with Crippen molar-refractivity contribution in [2.45, 2.75) is 6.92 Å². The van der Waals surface area contributed by atoms with Gasteiger partial charge in [-0.3, -0.25) is 4.79 Å². The third kappa shape index (κ3) is 2.42. The van der Waals surface area contributed by atoms with Gasteiger partial charge in [0, 0.05) is 26.1 Å². The lowest BCUT2D eigenvalue weighted by Gasteiger charge is -2.08. The van der Waals surface area contributed by atoms with E-state index < -0.39 is 0 Å². The monoisotopic (exact) mass is 423 g/mol. The van der Waals surface area contributed by atoms with Gasteiger partial charge in [-0.05, 0) is 52.7 Å². The number of halogens is 2. The highest BCUT2D eigenvalue weighted by molar-refractivity contribution is 9.11. The van der Waals surface area contributed by atoms with Crippen molar-refractivity contribution in [3.63, 3.8) is 0 Å². The summed E-state index contributed by atoms with van der Waals surface area (Å²) in [4.78, 5) is 12.3. The molecule has 3 N–H and O–H groups in total. The van der Waals surface area contributed by atoms with Crippen LogP contribution in [0.25, 0.3) is 11.6 Å². The Morgan fingerprint density at radius 3 is 2.55 bits per heavy atom. The van der Waals surface area contributed by atoms with Crippen LogP contribution < -0.4 is 5.32 Å². The average Bonchev–Trinajstić information content (AvgIpc) is 2.77. The zero-order chi connectivity index (χ0) is 16.0. The van der Waals surface area contributed by atoms with Gasteiger partial charge < -0.3 is 15.5 Å². The molecule has 0 aliphatic carbocycles. The molecule has 112 valence electrons. The molecule has 0 saturated carbocycles. The smallest absolute Gasteiger partial charge is 0.256 e. The Hall–Kier alpha value is -1.79. The van der Waals surface area contributed by atoms with E-state index in [1.54, 1.807) is 12.1 Å². The first kappa shape index (κ1) is 15.1. The molecule has 0 unspecified atom stereocenters. The van der Waals surface area contributed by atoms with Gasteiger partial charge in [0.05, 0.1) is 11.3 Å². The van der Waals surface area contributed by atoms with Crippen LogP contribution in [-0.2, 0) is 4.79 Å². The summed E-state index contributed by atoms with van der Waals surface area (Å²) in [7, 11) is 0. The summed E-state index contributed by atoms with van der Waals surface area (Å²) in [5, 5.41) is 22.1. The summed E-state index contributed by atoms with van der Waals surface area (Å²) in [5.74, 6) is -0.345. The van der Waals surface area contributed by atoms with E-state index in [2.05, 4.69) is 37.2 Å². The van der Waals surface area contributed by atoms with Crippen molar-refractivity contribution < 1.29 is 15.0 Å². The highest BCUT2D eigenvalue weighted by Crippen LogP contribution is 2.43. The summed E-state index contributed by atoms with van der Waals surface area (Å²) in [6.07, 6.45) is 1.61. The van der Waals surface area contributed by atoms with Crippen LogP contribution in [-0.4, -0.2) is 16.1 Å². The molecule has 0 atom stereocenters. The molecule has 1 aliphatic heterocycles. The van der Waals surface area contributed by atoms with E-state index in [9.17, 15) is 15.0 Å². The third-order valence-corrected chi connectivity index (χ3v) is 4.99. The molecular formula is C16H11Br2NO3. The van der Waals surface area contributed by atoms with Crippen molar-refractivity contribution in [1.29, 1.82) is 0 Å². The molecule has 0 fully saturated rings. The summed E-state index contributed by atoms with van der Waals surface area (Å²) in [5.41, 5.74) is 3.37. The molecule has 1 amide bonds. The largest absolute Gasteiger partial charge is 0.508 e. The maximum absolute atomic E-state index is 12.3. The number of hydrogen-bond donors (Lipinski definition) is 3. The number of fused-ring (bicyclic) bond motifs is 1. The Bertz CT molecular complexity index is 844. The van der Waals surface area contributed by atoms with Crippen LogP contribution in [0, 0.1) is 6.92 Å². The SMILES string of the molecule is Cc1c(Br)cc(Br)c2c1C(=Cc1ccc(O)cc1O)C(=O)N2. The van der Waals surface area contributed by atoms with Crippen LogP contribution in [0.5, 0.6) is 11.5 Å². The number of carbonyl (C=O) groups is 1. The van der Waals surface area contributed by atoms with E-state index in [1.807, 2.05) is 13.0 Å². The van der Waals surface area contributed by atoms with E-state index in [-0.39, 0.29) is 17.4 Å². The number of carbonyl (C=O) groups excluding carboxylic acids is 1. The number of amides is 1. The quantitative estimate of drug-likeness (QED) is 0.593. The van der Waals surface area contributed by atoms with Crippen LogP contribution in [0.15, 0.2) is 33.2 Å². The molecule has 6 heteroatoms. The number of rotatable bonds is 1. The number of anilines is 1. The van der Waals surface area contributed by atoms with Crippen molar-refractivity contribution in [3.8, 4) is 11.5 Å². The Morgan fingerprint density at radius 1 is 1.14 bits per heavy atom. The lowest BCUT2D eigenvalue weighted by Crippen LogP contribution is -2.03. The van der Waals surface area contributed by atoms with E-state index in [4.69, 9.17) is 0 Å². The van der Waals surface area contributed by atoms with E-state index in [0.717, 1.165) is 25.8 Å². The summed E-state index contributed by atoms with van der Waals surface area (Å²) in [6, 6.07) is 6.15. The summed E-state index contributed by atoms with van der Waals surface area (Å²) in [6.45, 7) is 1.92. The van der Waals surface area contributed by atoms with Gasteiger partial charge in [0.15, 0.2) is 0 Å². The van der Waals surface area contributed by atoms with Crippen molar-refractivity contribution in [3.05, 3.63) is 49.9 Å². The van der Waals surface area contributed by atoms with Gasteiger partial charge in [0.2, 0.25) is 0 Å². The molecule has 0 aromatic heterocycles. The number of nitrogens with one attached hydrogen (secondary N) is 1. The molecule has 22 heavy (non-hydrogen) atoms. The molecule has 0 spiro atoms. The minimum atomic E-state index is -0.232. The number of phenolic OH excluding ortho intramolecular Hbond substituents is 2. The van der Waals surface area contributed by atoms with Gasteiger partial charge in [-0.1, -0.05) is 15.9 Å². The van der Waals surface area contributed by atoms with E-state index in [0.29, 0.717) is 11.1 Å². The Morgan fingerprint density at radius 2 is 1.86 bits per heavy atom. The molecule has 2 aromatic carbocycles. The summed E-state index contributed by atoms with van der Waals surface area (Å²) < 4.78 is 1.67. The first-order valence-corrected chi connectivity index (χ1v) is 8.01. The molecule has 1 heterocycles. The van der Waals surface area contributed by atoms with Crippen molar-refractivity contribution in [1.82, 2.24) is 0 Å². The third-order valence-electron chi connectivity index (χ3n) is 3.54. The first-order valence-electron chi connectivity index (χ1n) is 6.42. The van der Waals surface area contributed by atoms with Crippen LogP contribution in [0.4, 0.5) is 5.69 Å². The lowest BCUT2D eigenvalue weighted by molar-refractivity contribution is -0.110. The van der Waals surface area contributed by atoms with Crippen LogP contribution in [0.3, 0.4) is 0 Å². The topological polar surface area (TPSA) is 69.6 Å². The van der Waals surface area contributed by atoms with Crippen LogP contribution >= 0.6 is 31.9 Å². The second-order valence-electron chi connectivity index (χ2n) is 4.97. The predicted molar refractivity (Wildman–Crippen MR) is 92.9 cm³/mol. The zero-order valence-corrected chi connectivity index (χ0v) is 14.6. The molecule has 4 nitrogen and oxygen atoms in total. The van der Waals surface area contributed by atoms with Gasteiger partial charge in [-0.2, -0.15) is 0 Å². The molecule has 1 aliphatic rings. The lowest BCUT2D eigenvalue weighted by atomic mass is 9.99. The number of hydrogen-bond acceptors (Lipinski definition) is 3. The van der Waals surface area contributed by atoms with Gasteiger partial charge in [-0.15, -0.1) is 0 Å². The maximum atomic E-state index is 12.3. The normalized spacial score (nSPS) is 15.0. The Kier molecular flexibility index (Phi) is 3.74. The van der Waals surface area contributed by atoms with Gasteiger partial charge >= 0.3 is 0 Å². The molecule has 0 radical (unpaired) electrons. The Labute approximate surface area is 143 Å². The standard InChI is InChI=1S/C16H11Br2NO3/c1-7-11(17)6-12(18)15-14(7)10(16(22)19-15)4-8-2-3-9(20)5-13(8)21/h2-6,20-21H,1H3,(H,19,22). The van der Waals surface area contributed by atoms with Gasteiger partial charge in [-0.25, -0.2) is 0 Å². The second kappa shape index (κ2) is 5.44. The number of aromatic hydroxyl groups is 2. The average molecular weight is 425 g/mol. The number of phenols is 2. The number of benzene rings is 2. The molecular weight excluding hydrogens is 414 g/mol. The molecule has 3 rings (SSSR count). The van der Waals surface area contributed by atoms with Gasteiger partial charge in [0.25, 0.3) is 5.91 Å². The first-order chi connectivity index (χ1) is 10.4. The van der Waals surface area contributed by atoms with Crippen molar-refractivity contribution >= 4 is 55.1 Å².